The summed E-state index contributed by atoms with van der Waals surface area (Å²) in [6.07, 6.45) is 0.727. The van der Waals surface area contributed by atoms with Gasteiger partial charge in [-0.05, 0) is 47.9 Å². The van der Waals surface area contributed by atoms with Crippen molar-refractivity contribution in [2.24, 2.45) is 5.92 Å². The molecule has 0 aliphatic carbocycles. The molecule has 0 aromatic heterocycles. The second-order valence-electron chi connectivity index (χ2n) is 7.05. The molecule has 3 rings (SSSR count). The molecule has 0 saturated carbocycles. The van der Waals surface area contributed by atoms with Crippen LogP contribution in [0.5, 0.6) is 5.75 Å². The van der Waals surface area contributed by atoms with Gasteiger partial charge < -0.3 is 9.64 Å². The van der Waals surface area contributed by atoms with Crippen LogP contribution in [0.25, 0.3) is 0 Å². The average molecular weight is 406 g/mol. The number of nitrogens with zero attached hydrogens (tertiary/aromatic N) is 1. The molecule has 1 aliphatic heterocycles. The van der Waals surface area contributed by atoms with Gasteiger partial charge in [-0.15, -0.1) is 0 Å². The predicted molar refractivity (Wildman–Crippen MR) is 104 cm³/mol. The molecule has 0 saturated heterocycles. The van der Waals surface area contributed by atoms with Gasteiger partial charge in [-0.2, -0.15) is 0 Å². The number of carbonyl (C=O) groups is 1. The average Bonchev–Trinajstić information content (AvgIpc) is 2.66. The SMILES string of the molecule is COc1ccc(S(=O)(=O)Nc2ccc3c(c2)CN(C(=O)C(C)C)CC3)cc1F. The Labute approximate surface area is 164 Å². The summed E-state index contributed by atoms with van der Waals surface area (Å²) in [4.78, 5) is 13.8. The Morgan fingerprint density at radius 1 is 1.18 bits per heavy atom. The van der Waals surface area contributed by atoms with E-state index in [-0.39, 0.29) is 22.5 Å². The summed E-state index contributed by atoms with van der Waals surface area (Å²) < 4.78 is 46.4. The minimum atomic E-state index is -3.96. The summed E-state index contributed by atoms with van der Waals surface area (Å²) in [5.41, 5.74) is 2.36. The van der Waals surface area contributed by atoms with E-state index in [4.69, 9.17) is 4.74 Å². The van der Waals surface area contributed by atoms with Crippen LogP contribution in [0.15, 0.2) is 41.3 Å². The highest BCUT2D eigenvalue weighted by Gasteiger charge is 2.23. The molecule has 6 nitrogen and oxygen atoms in total. The van der Waals surface area contributed by atoms with Crippen LogP contribution in [0.4, 0.5) is 10.1 Å². The maximum absolute atomic E-state index is 13.9. The number of amides is 1. The van der Waals surface area contributed by atoms with E-state index in [9.17, 15) is 17.6 Å². The van der Waals surface area contributed by atoms with Crippen molar-refractivity contribution in [1.82, 2.24) is 4.90 Å². The van der Waals surface area contributed by atoms with Gasteiger partial charge in [-0.1, -0.05) is 19.9 Å². The number of ether oxygens (including phenoxy) is 1. The molecule has 0 spiro atoms. The summed E-state index contributed by atoms with van der Waals surface area (Å²) in [6, 6.07) is 8.74. The van der Waals surface area contributed by atoms with E-state index in [0.717, 1.165) is 23.6 Å². The second kappa shape index (κ2) is 7.79. The highest BCUT2D eigenvalue weighted by molar-refractivity contribution is 7.92. The highest BCUT2D eigenvalue weighted by Crippen LogP contribution is 2.26. The van der Waals surface area contributed by atoms with Crippen LogP contribution in [0.2, 0.25) is 0 Å². The number of anilines is 1. The minimum absolute atomic E-state index is 0.0253. The van der Waals surface area contributed by atoms with Crippen molar-refractivity contribution in [3.05, 3.63) is 53.3 Å². The predicted octanol–water partition coefficient (Wildman–Crippen LogP) is 3.18. The van der Waals surface area contributed by atoms with Crippen molar-refractivity contribution in [3.8, 4) is 5.75 Å². The van der Waals surface area contributed by atoms with E-state index >= 15 is 0 Å². The number of sulfonamides is 1. The number of carbonyl (C=O) groups excluding carboxylic acids is 1. The Bertz CT molecular complexity index is 1010. The van der Waals surface area contributed by atoms with E-state index in [1.807, 2.05) is 19.9 Å². The van der Waals surface area contributed by atoms with Crippen LogP contribution in [0.3, 0.4) is 0 Å². The molecule has 0 bridgehead atoms. The summed E-state index contributed by atoms with van der Waals surface area (Å²) in [6.45, 7) is 4.81. The molecule has 1 heterocycles. The van der Waals surface area contributed by atoms with Crippen molar-refractivity contribution in [2.45, 2.75) is 31.7 Å². The van der Waals surface area contributed by atoms with Gasteiger partial charge >= 0.3 is 0 Å². The fourth-order valence-electron chi connectivity index (χ4n) is 3.20. The third-order valence-electron chi connectivity index (χ3n) is 4.71. The Balaban J connectivity index is 1.83. The van der Waals surface area contributed by atoms with Crippen molar-refractivity contribution in [3.63, 3.8) is 0 Å². The molecule has 1 amide bonds. The van der Waals surface area contributed by atoms with Crippen LogP contribution in [-0.4, -0.2) is 32.9 Å². The zero-order valence-electron chi connectivity index (χ0n) is 16.0. The van der Waals surface area contributed by atoms with Crippen molar-refractivity contribution >= 4 is 21.6 Å². The van der Waals surface area contributed by atoms with Crippen molar-refractivity contribution < 1.29 is 22.3 Å². The first-order chi connectivity index (χ1) is 13.2. The molecule has 0 fully saturated rings. The van der Waals surface area contributed by atoms with Crippen molar-refractivity contribution in [2.75, 3.05) is 18.4 Å². The Morgan fingerprint density at radius 2 is 1.93 bits per heavy atom. The Morgan fingerprint density at radius 3 is 2.57 bits per heavy atom. The lowest BCUT2D eigenvalue weighted by atomic mass is 9.98. The first kappa shape index (κ1) is 20.1. The normalized spacial score (nSPS) is 14.0. The van der Waals surface area contributed by atoms with Crippen LogP contribution in [0, 0.1) is 11.7 Å². The molecule has 0 atom stereocenters. The summed E-state index contributed by atoms with van der Waals surface area (Å²) in [5, 5.41) is 0. The van der Waals surface area contributed by atoms with Gasteiger partial charge in [0.05, 0.1) is 12.0 Å². The van der Waals surface area contributed by atoms with Crippen LogP contribution >= 0.6 is 0 Å². The lowest BCUT2D eigenvalue weighted by Crippen LogP contribution is -2.38. The smallest absolute Gasteiger partial charge is 0.262 e. The maximum atomic E-state index is 13.9. The first-order valence-electron chi connectivity index (χ1n) is 8.98. The number of hydrogen-bond acceptors (Lipinski definition) is 4. The van der Waals surface area contributed by atoms with E-state index in [0.29, 0.717) is 18.8 Å². The molecular formula is C20H23FN2O4S. The molecule has 150 valence electrons. The lowest BCUT2D eigenvalue weighted by Gasteiger charge is -2.30. The molecule has 2 aromatic carbocycles. The number of hydrogen-bond donors (Lipinski definition) is 1. The van der Waals surface area contributed by atoms with Crippen LogP contribution in [-0.2, 0) is 27.8 Å². The first-order valence-corrected chi connectivity index (χ1v) is 10.5. The third-order valence-corrected chi connectivity index (χ3v) is 6.09. The monoisotopic (exact) mass is 406 g/mol. The van der Waals surface area contributed by atoms with E-state index in [1.54, 1.807) is 17.0 Å². The molecule has 1 aliphatic rings. The zero-order valence-corrected chi connectivity index (χ0v) is 16.8. The van der Waals surface area contributed by atoms with E-state index in [1.165, 1.54) is 19.2 Å². The van der Waals surface area contributed by atoms with Crippen LogP contribution < -0.4 is 9.46 Å². The number of halogens is 1. The van der Waals surface area contributed by atoms with Crippen LogP contribution in [0.1, 0.15) is 25.0 Å². The quantitative estimate of drug-likeness (QED) is 0.828. The number of rotatable bonds is 5. The topological polar surface area (TPSA) is 75.7 Å². The van der Waals surface area contributed by atoms with E-state index < -0.39 is 15.8 Å². The number of nitrogens with one attached hydrogen (secondary N) is 1. The van der Waals surface area contributed by atoms with Gasteiger partial charge in [-0.3, -0.25) is 9.52 Å². The van der Waals surface area contributed by atoms with Gasteiger partial charge in [0.15, 0.2) is 11.6 Å². The zero-order chi connectivity index (χ0) is 20.5. The standard InChI is InChI=1S/C20H23FN2O4S/c1-13(2)20(24)23-9-8-14-4-5-16(10-15(14)12-23)22-28(25,26)17-6-7-19(27-3)18(21)11-17/h4-7,10-11,13,22H,8-9,12H2,1-3H3. The maximum Gasteiger partial charge on any atom is 0.262 e. The molecule has 0 unspecified atom stereocenters. The molecule has 2 aromatic rings. The summed E-state index contributed by atoms with van der Waals surface area (Å²) >= 11 is 0. The molecular weight excluding hydrogens is 383 g/mol. The number of methoxy groups -OCH3 is 1. The Hall–Kier alpha value is -2.61. The summed E-state index contributed by atoms with van der Waals surface area (Å²) in [5.74, 6) is -0.792. The van der Waals surface area contributed by atoms with Gasteiger partial charge in [-0.25, -0.2) is 12.8 Å². The second-order valence-corrected chi connectivity index (χ2v) is 8.73. The van der Waals surface area contributed by atoms with E-state index in [2.05, 4.69) is 4.72 Å². The molecule has 8 heteroatoms. The largest absolute Gasteiger partial charge is 0.494 e. The molecule has 0 radical (unpaired) electrons. The minimum Gasteiger partial charge on any atom is -0.494 e. The fourth-order valence-corrected chi connectivity index (χ4v) is 4.26. The number of fused-ring (bicyclic) bond motifs is 1. The van der Waals surface area contributed by atoms with Gasteiger partial charge in [0.2, 0.25) is 5.91 Å². The highest BCUT2D eigenvalue weighted by atomic mass is 32.2. The fraction of sp³-hybridized carbons (Fsp3) is 0.350. The molecule has 1 N–H and O–H groups in total. The summed E-state index contributed by atoms with van der Waals surface area (Å²) in [7, 11) is -2.65. The molecule has 28 heavy (non-hydrogen) atoms. The van der Waals surface area contributed by atoms with Gasteiger partial charge in [0.25, 0.3) is 10.0 Å². The van der Waals surface area contributed by atoms with Gasteiger partial charge in [0, 0.05) is 24.7 Å². The lowest BCUT2D eigenvalue weighted by molar-refractivity contribution is -0.135. The van der Waals surface area contributed by atoms with Crippen molar-refractivity contribution in [1.29, 1.82) is 0 Å². The number of benzene rings is 2. The van der Waals surface area contributed by atoms with Gasteiger partial charge in [0.1, 0.15) is 0 Å². The third kappa shape index (κ3) is 4.11. The Kier molecular flexibility index (Phi) is 5.60.